The third kappa shape index (κ3) is 3.60. The van der Waals surface area contributed by atoms with Crippen LogP contribution in [0.25, 0.3) is 0 Å². The van der Waals surface area contributed by atoms with Crippen molar-refractivity contribution in [1.82, 2.24) is 0 Å². The molecule has 0 atom stereocenters. The van der Waals surface area contributed by atoms with Gasteiger partial charge in [0.05, 0.1) is 6.42 Å². The minimum atomic E-state index is -0.778. The van der Waals surface area contributed by atoms with E-state index >= 15 is 0 Å². The van der Waals surface area contributed by atoms with Crippen molar-refractivity contribution in [3.8, 4) is 0 Å². The normalized spacial score (nSPS) is 9.62. The van der Waals surface area contributed by atoms with Crippen LogP contribution in [0.1, 0.15) is 12.0 Å². The first kappa shape index (κ1) is 9.58. The molecule has 0 unspecified atom stereocenters. The highest BCUT2D eigenvalue weighted by atomic mass is 16.4. The van der Waals surface area contributed by atoms with Gasteiger partial charge < -0.3 is 10.4 Å². The number of anilines is 1. The lowest BCUT2D eigenvalue weighted by Crippen LogP contribution is -2.07. The number of benzene rings is 1. The van der Waals surface area contributed by atoms with E-state index in [-0.39, 0.29) is 6.42 Å². The maximum absolute atomic E-state index is 10.2. The maximum Gasteiger partial charge on any atom is 0.305 e. The molecular weight excluding hydrogens is 166 g/mol. The Morgan fingerprint density at radius 1 is 1.54 bits per heavy atom. The number of carboxylic acid groups (broad SMARTS) is 1. The molecule has 0 fully saturated rings. The lowest BCUT2D eigenvalue weighted by molar-refractivity contribution is -0.136. The lowest BCUT2D eigenvalue weighted by atomic mass is 10.2. The molecule has 0 radical (unpaired) electrons. The van der Waals surface area contributed by atoms with Crippen LogP contribution < -0.4 is 5.32 Å². The van der Waals surface area contributed by atoms with Crippen molar-refractivity contribution in [2.45, 2.75) is 13.3 Å². The summed E-state index contributed by atoms with van der Waals surface area (Å²) in [5.41, 5.74) is 2.14. The maximum atomic E-state index is 10.2. The third-order valence-corrected chi connectivity index (χ3v) is 1.69. The van der Waals surface area contributed by atoms with Crippen LogP contribution >= 0.6 is 0 Å². The van der Waals surface area contributed by atoms with E-state index < -0.39 is 5.97 Å². The van der Waals surface area contributed by atoms with Gasteiger partial charge in [-0.25, -0.2) is 0 Å². The third-order valence-electron chi connectivity index (χ3n) is 1.69. The van der Waals surface area contributed by atoms with Crippen molar-refractivity contribution in [3.05, 3.63) is 29.8 Å². The van der Waals surface area contributed by atoms with Gasteiger partial charge >= 0.3 is 5.97 Å². The molecule has 1 aromatic carbocycles. The molecule has 0 saturated carbocycles. The minimum absolute atomic E-state index is 0.147. The molecule has 1 aromatic rings. The van der Waals surface area contributed by atoms with Gasteiger partial charge in [-0.05, 0) is 24.6 Å². The Morgan fingerprint density at radius 2 is 2.31 bits per heavy atom. The fourth-order valence-electron chi connectivity index (χ4n) is 1.07. The molecular formula is C10H13NO2. The number of aryl methyl sites for hydroxylation is 1. The Kier molecular flexibility index (Phi) is 3.31. The fourth-order valence-corrected chi connectivity index (χ4v) is 1.07. The molecule has 0 amide bonds. The van der Waals surface area contributed by atoms with E-state index in [1.54, 1.807) is 0 Å². The average Bonchev–Trinajstić information content (AvgIpc) is 2.03. The molecule has 3 heteroatoms. The van der Waals surface area contributed by atoms with Crippen LogP contribution in [0.15, 0.2) is 24.3 Å². The SMILES string of the molecule is Cc1cccc(NCCC(=O)O)c1. The van der Waals surface area contributed by atoms with Crippen LogP contribution in [-0.2, 0) is 4.79 Å². The molecule has 0 bridgehead atoms. The van der Waals surface area contributed by atoms with E-state index in [2.05, 4.69) is 5.32 Å². The van der Waals surface area contributed by atoms with E-state index in [0.29, 0.717) is 6.54 Å². The van der Waals surface area contributed by atoms with Gasteiger partial charge in [-0.3, -0.25) is 4.79 Å². The second-order valence-electron chi connectivity index (χ2n) is 2.94. The molecule has 3 nitrogen and oxygen atoms in total. The van der Waals surface area contributed by atoms with E-state index in [1.807, 2.05) is 31.2 Å². The Labute approximate surface area is 77.4 Å². The van der Waals surface area contributed by atoms with Crippen LogP contribution in [0.2, 0.25) is 0 Å². The van der Waals surface area contributed by atoms with Gasteiger partial charge in [-0.2, -0.15) is 0 Å². The Hall–Kier alpha value is -1.51. The lowest BCUT2D eigenvalue weighted by Gasteiger charge is -2.04. The number of hydrogen-bond acceptors (Lipinski definition) is 2. The van der Waals surface area contributed by atoms with Crippen LogP contribution in [0.5, 0.6) is 0 Å². The average molecular weight is 179 g/mol. The van der Waals surface area contributed by atoms with Gasteiger partial charge in [-0.1, -0.05) is 12.1 Å². The second-order valence-corrected chi connectivity index (χ2v) is 2.94. The molecule has 0 spiro atoms. The van der Waals surface area contributed by atoms with E-state index in [0.717, 1.165) is 5.69 Å². The fraction of sp³-hybridized carbons (Fsp3) is 0.300. The monoisotopic (exact) mass is 179 g/mol. The zero-order chi connectivity index (χ0) is 9.68. The van der Waals surface area contributed by atoms with Gasteiger partial charge in [0.15, 0.2) is 0 Å². The summed E-state index contributed by atoms with van der Waals surface area (Å²) in [5, 5.41) is 11.4. The zero-order valence-electron chi connectivity index (χ0n) is 7.58. The summed E-state index contributed by atoms with van der Waals surface area (Å²) in [5.74, 6) is -0.778. The van der Waals surface area contributed by atoms with Crippen LogP contribution in [0.4, 0.5) is 5.69 Å². The predicted molar refractivity (Wildman–Crippen MR) is 51.9 cm³/mol. The van der Waals surface area contributed by atoms with Crippen molar-refractivity contribution < 1.29 is 9.90 Å². The largest absolute Gasteiger partial charge is 0.481 e. The first-order valence-electron chi connectivity index (χ1n) is 4.21. The first-order valence-corrected chi connectivity index (χ1v) is 4.21. The highest BCUT2D eigenvalue weighted by Gasteiger charge is 1.96. The van der Waals surface area contributed by atoms with Crippen molar-refractivity contribution in [2.75, 3.05) is 11.9 Å². The highest BCUT2D eigenvalue weighted by molar-refractivity contribution is 5.67. The smallest absolute Gasteiger partial charge is 0.305 e. The second kappa shape index (κ2) is 4.50. The molecule has 13 heavy (non-hydrogen) atoms. The zero-order valence-corrected chi connectivity index (χ0v) is 7.58. The van der Waals surface area contributed by atoms with Gasteiger partial charge in [0.25, 0.3) is 0 Å². The molecule has 0 aromatic heterocycles. The molecule has 70 valence electrons. The van der Waals surface area contributed by atoms with Crippen molar-refractivity contribution in [2.24, 2.45) is 0 Å². The summed E-state index contributed by atoms with van der Waals surface area (Å²) in [6, 6.07) is 7.86. The van der Waals surface area contributed by atoms with E-state index in [1.165, 1.54) is 5.56 Å². The number of aliphatic carboxylic acids is 1. The standard InChI is InChI=1S/C10H13NO2/c1-8-3-2-4-9(7-8)11-6-5-10(12)13/h2-4,7,11H,5-6H2,1H3,(H,12,13). The molecule has 0 saturated heterocycles. The van der Waals surface area contributed by atoms with Crippen LogP contribution in [0.3, 0.4) is 0 Å². The molecule has 0 aliphatic rings. The molecule has 0 heterocycles. The summed E-state index contributed by atoms with van der Waals surface area (Å²) in [6.45, 7) is 2.47. The molecule has 0 aliphatic heterocycles. The summed E-state index contributed by atoms with van der Waals surface area (Å²) in [6.07, 6.45) is 0.147. The molecule has 0 aliphatic carbocycles. The number of carboxylic acids is 1. The summed E-state index contributed by atoms with van der Waals surface area (Å²) in [4.78, 5) is 10.2. The summed E-state index contributed by atoms with van der Waals surface area (Å²) < 4.78 is 0. The Morgan fingerprint density at radius 3 is 2.92 bits per heavy atom. The van der Waals surface area contributed by atoms with Gasteiger partial charge in [0.2, 0.25) is 0 Å². The molecule has 2 N–H and O–H groups in total. The van der Waals surface area contributed by atoms with Gasteiger partial charge in [0.1, 0.15) is 0 Å². The first-order chi connectivity index (χ1) is 6.18. The quantitative estimate of drug-likeness (QED) is 0.742. The van der Waals surface area contributed by atoms with Crippen molar-refractivity contribution >= 4 is 11.7 Å². The number of rotatable bonds is 4. The van der Waals surface area contributed by atoms with E-state index in [4.69, 9.17) is 5.11 Å². The number of carbonyl (C=O) groups is 1. The van der Waals surface area contributed by atoms with Crippen molar-refractivity contribution in [3.63, 3.8) is 0 Å². The van der Waals surface area contributed by atoms with Crippen LogP contribution in [-0.4, -0.2) is 17.6 Å². The van der Waals surface area contributed by atoms with Gasteiger partial charge in [0, 0.05) is 12.2 Å². The Bertz CT molecular complexity index is 297. The summed E-state index contributed by atoms with van der Waals surface area (Å²) in [7, 11) is 0. The van der Waals surface area contributed by atoms with E-state index in [9.17, 15) is 4.79 Å². The Balaban J connectivity index is 2.41. The minimum Gasteiger partial charge on any atom is -0.481 e. The topological polar surface area (TPSA) is 49.3 Å². The van der Waals surface area contributed by atoms with Crippen LogP contribution in [0, 0.1) is 6.92 Å². The number of hydrogen-bond donors (Lipinski definition) is 2. The molecule has 1 rings (SSSR count). The predicted octanol–water partition coefficient (Wildman–Crippen LogP) is 1.88. The summed E-state index contributed by atoms with van der Waals surface area (Å²) >= 11 is 0. The highest BCUT2D eigenvalue weighted by Crippen LogP contribution is 2.08. The van der Waals surface area contributed by atoms with Gasteiger partial charge in [-0.15, -0.1) is 0 Å². The van der Waals surface area contributed by atoms with Crippen molar-refractivity contribution in [1.29, 1.82) is 0 Å². The number of nitrogens with one attached hydrogen (secondary N) is 1.